The molecule has 1 rings (SSSR count). The number of hydrogen-bond donors (Lipinski definition) is 2. The fourth-order valence-corrected chi connectivity index (χ4v) is 4.93. The van der Waals surface area contributed by atoms with Crippen molar-refractivity contribution in [1.82, 2.24) is 10.6 Å². The van der Waals surface area contributed by atoms with Crippen LogP contribution in [-0.4, -0.2) is 63.1 Å². The van der Waals surface area contributed by atoms with Crippen LogP contribution in [0.4, 0.5) is 9.59 Å². The Balaban J connectivity index is 2.37. The van der Waals surface area contributed by atoms with E-state index >= 15 is 0 Å². The molecule has 1 aliphatic carbocycles. The van der Waals surface area contributed by atoms with Gasteiger partial charge < -0.3 is 29.6 Å². The monoisotopic (exact) mass is 552 g/mol. The van der Waals surface area contributed by atoms with Crippen molar-refractivity contribution in [2.45, 2.75) is 85.6 Å². The van der Waals surface area contributed by atoms with Gasteiger partial charge in [0, 0.05) is 31.2 Å². The van der Waals surface area contributed by atoms with Crippen molar-refractivity contribution in [2.24, 2.45) is 16.7 Å². The van der Waals surface area contributed by atoms with E-state index in [9.17, 15) is 19.2 Å². The van der Waals surface area contributed by atoms with E-state index in [2.05, 4.69) is 38.0 Å². The first-order valence-corrected chi connectivity index (χ1v) is 13.8. The summed E-state index contributed by atoms with van der Waals surface area (Å²) in [6.07, 6.45) is 8.45. The predicted molar refractivity (Wildman–Crippen MR) is 148 cm³/mol. The van der Waals surface area contributed by atoms with Gasteiger partial charge in [-0.05, 0) is 48.9 Å². The van der Waals surface area contributed by atoms with Crippen LogP contribution in [0.5, 0.6) is 0 Å². The van der Waals surface area contributed by atoms with E-state index < -0.39 is 18.2 Å². The number of amides is 2. The molecule has 0 aromatic carbocycles. The standard InChI is InChI=1S/C29H48N2O8/c1-7-9-10-12-25(33)39-19-22(3)13-16-38-26(34)30-21-29(6)18-23(17-28(4,5)20-29)31-27(35)37-15-11-14-36-24(32)8-2/h8,10,12,22-23H,2,7,9,11,13-21H2,1,3-6H3,(H,30,34)(H,31,35)/b12-10+. The van der Waals surface area contributed by atoms with Crippen LogP contribution in [0.3, 0.4) is 0 Å². The SMILES string of the molecule is C=CC(=O)OCCCOC(=O)NC1CC(C)(C)CC(C)(CNC(=O)OCCC(C)COC(=O)/C=C/CCC)C1. The van der Waals surface area contributed by atoms with Crippen molar-refractivity contribution in [1.29, 1.82) is 0 Å². The van der Waals surface area contributed by atoms with Gasteiger partial charge in [0.15, 0.2) is 0 Å². The van der Waals surface area contributed by atoms with Gasteiger partial charge in [-0.1, -0.05) is 53.7 Å². The van der Waals surface area contributed by atoms with Gasteiger partial charge in [0.25, 0.3) is 0 Å². The van der Waals surface area contributed by atoms with E-state index in [1.165, 1.54) is 6.08 Å². The summed E-state index contributed by atoms with van der Waals surface area (Å²) in [4.78, 5) is 47.3. The number of ether oxygens (including phenoxy) is 4. The molecule has 2 amide bonds. The van der Waals surface area contributed by atoms with Crippen LogP contribution in [0.1, 0.15) is 79.6 Å². The Labute approximate surface area is 233 Å². The van der Waals surface area contributed by atoms with Gasteiger partial charge in [0.1, 0.15) is 0 Å². The lowest BCUT2D eigenvalue weighted by Gasteiger charge is -2.46. The van der Waals surface area contributed by atoms with Gasteiger partial charge >= 0.3 is 24.1 Å². The first-order chi connectivity index (χ1) is 18.4. The third-order valence-corrected chi connectivity index (χ3v) is 6.42. The number of unbranched alkanes of at least 4 members (excludes halogenated alkanes) is 1. The molecule has 1 aliphatic rings. The number of rotatable bonds is 16. The third-order valence-electron chi connectivity index (χ3n) is 6.42. The molecule has 0 aromatic rings. The highest BCUT2D eigenvalue weighted by atomic mass is 16.6. The average Bonchev–Trinajstić information content (AvgIpc) is 2.85. The summed E-state index contributed by atoms with van der Waals surface area (Å²) in [5.41, 5.74) is -0.293. The fourth-order valence-electron chi connectivity index (χ4n) is 4.93. The molecule has 1 saturated carbocycles. The minimum atomic E-state index is -0.515. The van der Waals surface area contributed by atoms with Gasteiger partial charge in [0.2, 0.25) is 0 Å². The molecule has 0 bridgehead atoms. The van der Waals surface area contributed by atoms with E-state index in [0.717, 1.165) is 31.8 Å². The molecule has 0 heterocycles. The number of alkyl carbamates (subject to hydrolysis) is 2. The molecule has 0 saturated heterocycles. The van der Waals surface area contributed by atoms with Crippen molar-refractivity contribution in [3.8, 4) is 0 Å². The minimum Gasteiger partial charge on any atom is -0.462 e. The molecular formula is C29H48N2O8. The molecule has 3 unspecified atom stereocenters. The second-order valence-corrected chi connectivity index (χ2v) is 11.5. The second kappa shape index (κ2) is 17.5. The van der Waals surface area contributed by atoms with Gasteiger partial charge in [-0.15, -0.1) is 0 Å². The Morgan fingerprint density at radius 1 is 0.974 bits per heavy atom. The smallest absolute Gasteiger partial charge is 0.407 e. The van der Waals surface area contributed by atoms with Crippen LogP contribution in [0.2, 0.25) is 0 Å². The number of esters is 2. The van der Waals surface area contributed by atoms with Crippen LogP contribution >= 0.6 is 0 Å². The van der Waals surface area contributed by atoms with Crippen molar-refractivity contribution in [2.75, 3.05) is 33.0 Å². The maximum Gasteiger partial charge on any atom is 0.407 e. The Bertz CT molecular complexity index is 841. The zero-order chi connectivity index (χ0) is 29.3. The Morgan fingerprint density at radius 2 is 1.67 bits per heavy atom. The number of allylic oxidation sites excluding steroid dienone is 1. The first-order valence-electron chi connectivity index (χ1n) is 13.8. The lowest BCUT2D eigenvalue weighted by atomic mass is 9.62. The molecular weight excluding hydrogens is 504 g/mol. The van der Waals surface area contributed by atoms with Crippen molar-refractivity contribution in [3.05, 3.63) is 24.8 Å². The lowest BCUT2D eigenvalue weighted by molar-refractivity contribution is -0.139. The Kier molecular flexibility index (Phi) is 15.3. The first kappa shape index (κ1) is 34.0. The number of hydrogen-bond acceptors (Lipinski definition) is 8. The second-order valence-electron chi connectivity index (χ2n) is 11.5. The molecule has 0 aromatic heterocycles. The molecule has 222 valence electrons. The van der Waals surface area contributed by atoms with Crippen LogP contribution in [0.25, 0.3) is 0 Å². The van der Waals surface area contributed by atoms with Crippen molar-refractivity contribution >= 4 is 24.1 Å². The number of carbonyl (C=O) groups excluding carboxylic acids is 4. The van der Waals surface area contributed by atoms with E-state index in [1.54, 1.807) is 6.08 Å². The van der Waals surface area contributed by atoms with E-state index in [0.29, 0.717) is 25.8 Å². The zero-order valence-electron chi connectivity index (χ0n) is 24.3. The Hall–Kier alpha value is -3.04. The minimum absolute atomic E-state index is 0.0476. The largest absolute Gasteiger partial charge is 0.462 e. The summed E-state index contributed by atoms with van der Waals surface area (Å²) in [5.74, 6) is -0.805. The number of nitrogens with one attached hydrogen (secondary N) is 2. The van der Waals surface area contributed by atoms with Crippen molar-refractivity contribution < 1.29 is 38.1 Å². The highest BCUT2D eigenvalue weighted by molar-refractivity contribution is 5.82. The van der Waals surface area contributed by atoms with Crippen LogP contribution in [0.15, 0.2) is 24.8 Å². The predicted octanol–water partition coefficient (Wildman–Crippen LogP) is 5.07. The summed E-state index contributed by atoms with van der Waals surface area (Å²) in [5, 5.41) is 5.81. The van der Waals surface area contributed by atoms with Crippen molar-refractivity contribution in [3.63, 3.8) is 0 Å². The van der Waals surface area contributed by atoms with Crippen LogP contribution in [-0.2, 0) is 28.5 Å². The number of carbonyl (C=O) groups is 4. The quantitative estimate of drug-likeness (QED) is 0.118. The lowest BCUT2D eigenvalue weighted by Crippen LogP contribution is -2.50. The van der Waals surface area contributed by atoms with Gasteiger partial charge in [-0.25, -0.2) is 19.2 Å². The normalized spacial score (nSPS) is 20.9. The van der Waals surface area contributed by atoms with Gasteiger partial charge in [-0.3, -0.25) is 0 Å². The fraction of sp³-hybridized carbons (Fsp3) is 0.724. The molecule has 1 fully saturated rings. The summed E-state index contributed by atoms with van der Waals surface area (Å²) in [7, 11) is 0. The molecule has 0 radical (unpaired) electrons. The van der Waals surface area contributed by atoms with Gasteiger partial charge in [-0.2, -0.15) is 0 Å². The Morgan fingerprint density at radius 3 is 2.36 bits per heavy atom. The molecule has 0 aliphatic heterocycles. The molecule has 10 heteroatoms. The molecule has 39 heavy (non-hydrogen) atoms. The summed E-state index contributed by atoms with van der Waals surface area (Å²) in [6.45, 7) is 14.9. The highest BCUT2D eigenvalue weighted by Crippen LogP contribution is 2.45. The third kappa shape index (κ3) is 15.8. The van der Waals surface area contributed by atoms with E-state index in [1.807, 2.05) is 13.8 Å². The maximum absolute atomic E-state index is 12.3. The van der Waals surface area contributed by atoms with Crippen LogP contribution in [0, 0.1) is 16.7 Å². The highest BCUT2D eigenvalue weighted by Gasteiger charge is 2.42. The topological polar surface area (TPSA) is 129 Å². The summed E-state index contributed by atoms with van der Waals surface area (Å²) < 4.78 is 20.6. The van der Waals surface area contributed by atoms with Crippen LogP contribution < -0.4 is 10.6 Å². The van der Waals surface area contributed by atoms with E-state index in [4.69, 9.17) is 18.9 Å². The molecule has 3 atom stereocenters. The molecule has 10 nitrogen and oxygen atoms in total. The maximum atomic E-state index is 12.3. The van der Waals surface area contributed by atoms with Gasteiger partial charge in [0.05, 0.1) is 26.4 Å². The summed E-state index contributed by atoms with van der Waals surface area (Å²) in [6, 6.07) is -0.108. The molecule has 2 N–H and O–H groups in total. The zero-order valence-corrected chi connectivity index (χ0v) is 24.3. The molecule has 0 spiro atoms. The van der Waals surface area contributed by atoms with E-state index in [-0.39, 0.29) is 55.2 Å². The summed E-state index contributed by atoms with van der Waals surface area (Å²) >= 11 is 0. The average molecular weight is 553 g/mol.